The molecule has 0 amide bonds. The number of ether oxygens (including phenoxy) is 1. The lowest BCUT2D eigenvalue weighted by Crippen LogP contribution is -2.20. The standard InChI is InChI=1S/C16H18F2N6O2/c17-16(18)26-14-7-12(22-23-14)20-13-8-19-11-5-6-24(15(11)21-13)9-1-3-10(25)4-2-9/h5-10,16,25H,1-4H2,(H2,20,21,22,23). The van der Waals surface area contributed by atoms with Crippen molar-refractivity contribution in [1.29, 1.82) is 0 Å². The maximum absolute atomic E-state index is 12.2. The van der Waals surface area contributed by atoms with Crippen LogP contribution in [0.4, 0.5) is 20.4 Å². The lowest BCUT2D eigenvalue weighted by Gasteiger charge is -2.27. The first-order valence-electron chi connectivity index (χ1n) is 8.37. The van der Waals surface area contributed by atoms with Crippen LogP contribution in [0.1, 0.15) is 31.7 Å². The van der Waals surface area contributed by atoms with Crippen LogP contribution in [0.2, 0.25) is 0 Å². The van der Waals surface area contributed by atoms with E-state index in [1.54, 1.807) is 6.20 Å². The van der Waals surface area contributed by atoms with Gasteiger partial charge in [0.25, 0.3) is 0 Å². The van der Waals surface area contributed by atoms with Crippen molar-refractivity contribution in [3.8, 4) is 5.88 Å². The second-order valence-electron chi connectivity index (χ2n) is 6.27. The summed E-state index contributed by atoms with van der Waals surface area (Å²) in [6.07, 6.45) is 6.61. The van der Waals surface area contributed by atoms with Gasteiger partial charge in [0.1, 0.15) is 5.52 Å². The fourth-order valence-electron chi connectivity index (χ4n) is 3.26. The highest BCUT2D eigenvalue weighted by Crippen LogP contribution is 2.31. The van der Waals surface area contributed by atoms with E-state index in [1.807, 2.05) is 12.3 Å². The highest BCUT2D eigenvalue weighted by atomic mass is 19.3. The molecule has 1 aliphatic carbocycles. The molecule has 138 valence electrons. The van der Waals surface area contributed by atoms with Gasteiger partial charge in [-0.2, -0.15) is 13.9 Å². The van der Waals surface area contributed by atoms with Crippen molar-refractivity contribution < 1.29 is 18.6 Å². The van der Waals surface area contributed by atoms with Crippen LogP contribution in [-0.4, -0.2) is 42.6 Å². The first-order valence-corrected chi connectivity index (χ1v) is 8.37. The molecule has 0 atom stereocenters. The molecule has 0 aromatic carbocycles. The quantitative estimate of drug-likeness (QED) is 0.643. The Labute approximate surface area is 147 Å². The van der Waals surface area contributed by atoms with Crippen LogP contribution in [0.15, 0.2) is 24.5 Å². The van der Waals surface area contributed by atoms with Gasteiger partial charge in [-0.25, -0.2) is 15.1 Å². The van der Waals surface area contributed by atoms with Gasteiger partial charge in [-0.3, -0.25) is 0 Å². The molecule has 3 N–H and O–H groups in total. The van der Waals surface area contributed by atoms with Gasteiger partial charge in [-0.15, -0.1) is 0 Å². The van der Waals surface area contributed by atoms with Gasteiger partial charge in [0.15, 0.2) is 17.3 Å². The van der Waals surface area contributed by atoms with E-state index < -0.39 is 6.61 Å². The molecule has 1 fully saturated rings. The molecule has 3 aromatic heterocycles. The minimum Gasteiger partial charge on any atom is -0.417 e. The van der Waals surface area contributed by atoms with Crippen LogP contribution in [-0.2, 0) is 0 Å². The summed E-state index contributed by atoms with van der Waals surface area (Å²) in [5.74, 6) is 0.609. The molecular formula is C16H18F2N6O2. The molecule has 0 spiro atoms. The average Bonchev–Trinajstić information content (AvgIpc) is 3.22. The molecule has 0 radical (unpaired) electrons. The Morgan fingerprint density at radius 1 is 1.27 bits per heavy atom. The van der Waals surface area contributed by atoms with E-state index in [0.717, 1.165) is 36.8 Å². The third-order valence-corrected chi connectivity index (χ3v) is 4.51. The van der Waals surface area contributed by atoms with Crippen molar-refractivity contribution in [2.75, 3.05) is 5.32 Å². The molecule has 10 heteroatoms. The molecule has 0 unspecified atom stereocenters. The monoisotopic (exact) mass is 364 g/mol. The van der Waals surface area contributed by atoms with E-state index in [0.29, 0.717) is 11.6 Å². The van der Waals surface area contributed by atoms with E-state index in [9.17, 15) is 13.9 Å². The van der Waals surface area contributed by atoms with Crippen molar-refractivity contribution >= 4 is 22.8 Å². The van der Waals surface area contributed by atoms with Crippen LogP contribution in [0.5, 0.6) is 5.88 Å². The molecule has 26 heavy (non-hydrogen) atoms. The number of aliphatic hydroxyl groups is 1. The number of rotatable bonds is 5. The number of nitrogens with zero attached hydrogens (tertiary/aromatic N) is 4. The molecule has 0 aliphatic heterocycles. The number of anilines is 2. The Morgan fingerprint density at radius 2 is 2.08 bits per heavy atom. The smallest absolute Gasteiger partial charge is 0.388 e. The summed E-state index contributed by atoms with van der Waals surface area (Å²) in [6.45, 7) is -2.92. The molecular weight excluding hydrogens is 346 g/mol. The Balaban J connectivity index is 1.55. The number of alkyl halides is 2. The van der Waals surface area contributed by atoms with Gasteiger partial charge in [-0.1, -0.05) is 0 Å². The number of aliphatic hydroxyl groups excluding tert-OH is 1. The Morgan fingerprint density at radius 3 is 2.85 bits per heavy atom. The van der Waals surface area contributed by atoms with Crippen LogP contribution in [0.25, 0.3) is 11.2 Å². The highest BCUT2D eigenvalue weighted by molar-refractivity contribution is 5.73. The maximum Gasteiger partial charge on any atom is 0.388 e. The van der Waals surface area contributed by atoms with E-state index >= 15 is 0 Å². The Hall–Kier alpha value is -2.75. The van der Waals surface area contributed by atoms with Gasteiger partial charge in [-0.05, 0) is 31.7 Å². The van der Waals surface area contributed by atoms with Crippen LogP contribution >= 0.6 is 0 Å². The van der Waals surface area contributed by atoms with Gasteiger partial charge in [0, 0.05) is 18.3 Å². The second kappa shape index (κ2) is 6.87. The predicted molar refractivity (Wildman–Crippen MR) is 89.5 cm³/mol. The Kier molecular flexibility index (Phi) is 4.41. The molecule has 0 saturated heterocycles. The minimum atomic E-state index is -2.92. The van der Waals surface area contributed by atoms with Crippen molar-refractivity contribution in [3.05, 3.63) is 24.5 Å². The summed E-state index contributed by atoms with van der Waals surface area (Å²) < 4.78 is 30.7. The third kappa shape index (κ3) is 3.45. The normalized spacial score (nSPS) is 20.6. The van der Waals surface area contributed by atoms with Gasteiger partial charge in [0.05, 0.1) is 12.3 Å². The molecule has 1 aliphatic rings. The minimum absolute atomic E-state index is 0.138. The summed E-state index contributed by atoms with van der Waals surface area (Å²) >= 11 is 0. The molecule has 1 saturated carbocycles. The molecule has 0 bridgehead atoms. The first-order chi connectivity index (χ1) is 12.6. The van der Waals surface area contributed by atoms with Crippen LogP contribution in [0.3, 0.4) is 0 Å². The van der Waals surface area contributed by atoms with Crippen LogP contribution in [0, 0.1) is 0 Å². The molecule has 3 heterocycles. The number of halogens is 2. The van der Waals surface area contributed by atoms with Crippen LogP contribution < -0.4 is 10.1 Å². The van der Waals surface area contributed by atoms with Crippen molar-refractivity contribution in [2.24, 2.45) is 0 Å². The number of H-pyrrole nitrogens is 1. The first kappa shape index (κ1) is 16.7. The van der Waals surface area contributed by atoms with E-state index in [-0.39, 0.29) is 18.0 Å². The predicted octanol–water partition coefficient (Wildman–Crippen LogP) is 2.98. The number of nitrogens with one attached hydrogen (secondary N) is 2. The maximum atomic E-state index is 12.2. The zero-order valence-electron chi connectivity index (χ0n) is 13.8. The fraction of sp³-hybridized carbons (Fsp3) is 0.438. The van der Waals surface area contributed by atoms with Crippen molar-refractivity contribution in [3.63, 3.8) is 0 Å². The second-order valence-corrected chi connectivity index (χ2v) is 6.27. The average molecular weight is 364 g/mol. The van der Waals surface area contributed by atoms with Crippen molar-refractivity contribution in [2.45, 2.75) is 44.4 Å². The molecule has 3 aromatic rings. The topological polar surface area (TPSA) is 101 Å². The van der Waals surface area contributed by atoms with E-state index in [1.165, 1.54) is 6.07 Å². The van der Waals surface area contributed by atoms with E-state index in [4.69, 9.17) is 0 Å². The Bertz CT molecular complexity index is 888. The lowest BCUT2D eigenvalue weighted by molar-refractivity contribution is -0.0528. The summed E-state index contributed by atoms with van der Waals surface area (Å²) in [5, 5.41) is 18.8. The highest BCUT2D eigenvalue weighted by Gasteiger charge is 2.22. The largest absolute Gasteiger partial charge is 0.417 e. The number of fused-ring (bicyclic) bond motifs is 1. The van der Waals surface area contributed by atoms with Gasteiger partial charge in [0.2, 0.25) is 5.88 Å². The summed E-state index contributed by atoms with van der Waals surface area (Å²) in [6, 6.07) is 3.50. The lowest BCUT2D eigenvalue weighted by atomic mass is 9.93. The summed E-state index contributed by atoms with van der Waals surface area (Å²) in [7, 11) is 0. The molecule has 4 rings (SSSR count). The van der Waals surface area contributed by atoms with Crippen molar-refractivity contribution in [1.82, 2.24) is 24.7 Å². The summed E-state index contributed by atoms with van der Waals surface area (Å²) in [4.78, 5) is 8.96. The number of hydrogen-bond acceptors (Lipinski definition) is 6. The SMILES string of the molecule is OC1CCC(n2ccc3ncc(Nc4cc(OC(F)F)[nH]n4)nc32)CC1. The number of hydrogen-bond donors (Lipinski definition) is 3. The third-order valence-electron chi connectivity index (χ3n) is 4.51. The fourth-order valence-corrected chi connectivity index (χ4v) is 3.26. The zero-order valence-corrected chi connectivity index (χ0v) is 13.8. The summed E-state index contributed by atoms with van der Waals surface area (Å²) in [5.41, 5.74) is 1.50. The number of aromatic amines is 1. The van der Waals surface area contributed by atoms with Gasteiger partial charge >= 0.3 is 6.61 Å². The molecule has 8 nitrogen and oxygen atoms in total. The zero-order chi connectivity index (χ0) is 18.1. The van der Waals surface area contributed by atoms with E-state index in [2.05, 4.69) is 34.8 Å². The number of aromatic nitrogens is 5. The van der Waals surface area contributed by atoms with Gasteiger partial charge < -0.3 is 19.7 Å².